The zero-order valence-electron chi connectivity index (χ0n) is 8.92. The van der Waals surface area contributed by atoms with Crippen LogP contribution >= 0.6 is 15.9 Å². The maximum atomic E-state index is 10.8. The number of halogens is 1. The van der Waals surface area contributed by atoms with Crippen molar-refractivity contribution in [2.75, 3.05) is 0 Å². The Morgan fingerprint density at radius 1 is 1.65 bits per heavy atom. The van der Waals surface area contributed by atoms with Crippen LogP contribution in [0.1, 0.15) is 13.3 Å². The first-order chi connectivity index (χ1) is 7.91. The third-order valence-corrected chi connectivity index (χ3v) is 2.55. The molecule has 0 fully saturated rings. The number of hydrogen-bond donors (Lipinski definition) is 1. The Morgan fingerprint density at radius 2 is 2.29 bits per heavy atom. The summed E-state index contributed by atoms with van der Waals surface area (Å²) in [5.74, 6) is -0.974. The maximum absolute atomic E-state index is 10.8. The molecule has 0 unspecified atom stereocenters. The Balaban J connectivity index is 2.96. The number of carboxylic acids is 1. The van der Waals surface area contributed by atoms with E-state index < -0.39 is 17.0 Å². The number of aliphatic carboxylic acids is 1. The molecule has 0 radical (unpaired) electrons. The van der Waals surface area contributed by atoms with Crippen LogP contribution in [-0.2, 0) is 4.79 Å². The van der Waals surface area contributed by atoms with E-state index in [1.54, 1.807) is 6.07 Å². The van der Waals surface area contributed by atoms with Crippen molar-refractivity contribution in [3.8, 4) is 5.75 Å². The van der Waals surface area contributed by atoms with Gasteiger partial charge in [0.05, 0.1) is 15.8 Å². The van der Waals surface area contributed by atoms with Gasteiger partial charge in [-0.2, -0.15) is 0 Å². The highest BCUT2D eigenvalue weighted by molar-refractivity contribution is 9.10. The van der Waals surface area contributed by atoms with E-state index in [2.05, 4.69) is 15.9 Å². The molecule has 0 saturated carbocycles. The smallest absolute Gasteiger partial charge is 0.312 e. The number of carboxylic acid groups (broad SMARTS) is 1. The number of ether oxygens (including phenoxy) is 1. The van der Waals surface area contributed by atoms with Gasteiger partial charge in [0.15, 0.2) is 0 Å². The van der Waals surface area contributed by atoms with E-state index >= 15 is 0 Å². The molecule has 1 atom stereocenters. The second-order valence-corrected chi connectivity index (χ2v) is 4.23. The summed E-state index contributed by atoms with van der Waals surface area (Å²) in [6.45, 7) is 1.54. The zero-order chi connectivity index (χ0) is 13.0. The lowest BCUT2D eigenvalue weighted by Crippen LogP contribution is -2.17. The molecule has 0 heterocycles. The molecule has 92 valence electrons. The highest BCUT2D eigenvalue weighted by atomic mass is 79.9. The van der Waals surface area contributed by atoms with Gasteiger partial charge in [0.1, 0.15) is 6.10 Å². The van der Waals surface area contributed by atoms with Gasteiger partial charge in [-0.15, -0.1) is 0 Å². The van der Waals surface area contributed by atoms with Crippen LogP contribution in [0.5, 0.6) is 5.75 Å². The first kappa shape index (κ1) is 13.4. The molecule has 6 nitrogen and oxygen atoms in total. The molecule has 1 aromatic rings. The van der Waals surface area contributed by atoms with Gasteiger partial charge in [0, 0.05) is 6.07 Å². The fourth-order valence-corrected chi connectivity index (χ4v) is 1.70. The largest absolute Gasteiger partial charge is 0.482 e. The lowest BCUT2D eigenvalue weighted by molar-refractivity contribution is -0.386. The highest BCUT2D eigenvalue weighted by Gasteiger charge is 2.20. The molecule has 0 aliphatic rings. The third kappa shape index (κ3) is 3.70. The Morgan fingerprint density at radius 3 is 2.82 bits per heavy atom. The van der Waals surface area contributed by atoms with Crippen LogP contribution in [0.2, 0.25) is 0 Å². The van der Waals surface area contributed by atoms with E-state index in [-0.39, 0.29) is 17.9 Å². The molecule has 1 N–H and O–H groups in total. The number of nitrogens with zero attached hydrogens (tertiary/aromatic N) is 1. The SMILES string of the molecule is C[C@H](CC(=O)O)Oc1c(Br)cccc1[N+](=O)[O-]. The lowest BCUT2D eigenvalue weighted by atomic mass is 10.2. The predicted octanol–water partition coefficient (Wildman–Crippen LogP) is 2.60. The molecule has 17 heavy (non-hydrogen) atoms. The van der Waals surface area contributed by atoms with Crippen LogP contribution in [-0.4, -0.2) is 22.1 Å². The average molecular weight is 304 g/mol. The van der Waals surface area contributed by atoms with Gasteiger partial charge in [-0.3, -0.25) is 14.9 Å². The van der Waals surface area contributed by atoms with Crippen LogP contribution in [0.15, 0.2) is 22.7 Å². The fraction of sp³-hybridized carbons (Fsp3) is 0.300. The molecule has 0 bridgehead atoms. The number of benzene rings is 1. The monoisotopic (exact) mass is 303 g/mol. The van der Waals surface area contributed by atoms with Crippen LogP contribution < -0.4 is 4.74 Å². The zero-order valence-corrected chi connectivity index (χ0v) is 10.5. The van der Waals surface area contributed by atoms with Gasteiger partial charge in [0.25, 0.3) is 0 Å². The van der Waals surface area contributed by atoms with E-state index in [1.165, 1.54) is 19.1 Å². The Hall–Kier alpha value is -1.63. The summed E-state index contributed by atoms with van der Waals surface area (Å²) in [7, 11) is 0. The molecule has 7 heteroatoms. The lowest BCUT2D eigenvalue weighted by Gasteiger charge is -2.13. The first-order valence-corrected chi connectivity index (χ1v) is 5.52. The Kier molecular flexibility index (Phi) is 4.45. The third-order valence-electron chi connectivity index (χ3n) is 1.92. The van der Waals surface area contributed by atoms with E-state index in [9.17, 15) is 14.9 Å². The molecule has 0 aliphatic heterocycles. The molecular formula is C10H10BrNO5. The second-order valence-electron chi connectivity index (χ2n) is 3.37. The topological polar surface area (TPSA) is 89.7 Å². The van der Waals surface area contributed by atoms with Gasteiger partial charge >= 0.3 is 11.7 Å². The quantitative estimate of drug-likeness (QED) is 0.667. The minimum atomic E-state index is -1.02. The number of hydrogen-bond acceptors (Lipinski definition) is 4. The number of rotatable bonds is 5. The van der Waals surface area contributed by atoms with Gasteiger partial charge in [0.2, 0.25) is 5.75 Å². The predicted molar refractivity (Wildman–Crippen MR) is 63.1 cm³/mol. The van der Waals surface area contributed by atoms with Crippen molar-refractivity contribution in [3.63, 3.8) is 0 Å². The van der Waals surface area contributed by atoms with E-state index in [0.717, 1.165) is 0 Å². The molecule has 0 saturated heterocycles. The summed E-state index contributed by atoms with van der Waals surface area (Å²) in [5, 5.41) is 19.4. The number of nitro groups is 1. The fourth-order valence-electron chi connectivity index (χ4n) is 1.25. The molecule has 0 amide bonds. The van der Waals surface area contributed by atoms with Crippen molar-refractivity contribution in [1.82, 2.24) is 0 Å². The Labute approximate surface area is 105 Å². The Bertz CT molecular complexity index is 448. The molecule has 1 aromatic carbocycles. The van der Waals surface area contributed by atoms with Crippen molar-refractivity contribution in [3.05, 3.63) is 32.8 Å². The van der Waals surface area contributed by atoms with Crippen molar-refractivity contribution in [2.45, 2.75) is 19.4 Å². The maximum Gasteiger partial charge on any atom is 0.312 e. The summed E-state index contributed by atoms with van der Waals surface area (Å²) < 4.78 is 5.70. The summed E-state index contributed by atoms with van der Waals surface area (Å²) in [6.07, 6.45) is -0.872. The molecule has 0 spiro atoms. The molecule has 1 rings (SSSR count). The van der Waals surface area contributed by atoms with Crippen LogP contribution in [0, 0.1) is 10.1 Å². The van der Waals surface area contributed by atoms with Gasteiger partial charge in [-0.05, 0) is 28.9 Å². The van der Waals surface area contributed by atoms with E-state index in [0.29, 0.717) is 4.47 Å². The van der Waals surface area contributed by atoms with Crippen LogP contribution in [0.4, 0.5) is 5.69 Å². The molecule has 0 aromatic heterocycles. The van der Waals surface area contributed by atoms with Gasteiger partial charge in [-0.25, -0.2) is 0 Å². The van der Waals surface area contributed by atoms with Crippen LogP contribution in [0.25, 0.3) is 0 Å². The molecule has 0 aliphatic carbocycles. The minimum absolute atomic E-state index is 0.0475. The highest BCUT2D eigenvalue weighted by Crippen LogP contribution is 2.35. The number of carbonyl (C=O) groups is 1. The number of para-hydroxylation sites is 1. The van der Waals surface area contributed by atoms with Crippen molar-refractivity contribution in [2.24, 2.45) is 0 Å². The van der Waals surface area contributed by atoms with Crippen molar-refractivity contribution in [1.29, 1.82) is 0 Å². The first-order valence-electron chi connectivity index (χ1n) is 4.73. The average Bonchev–Trinajstić information content (AvgIpc) is 2.19. The van der Waals surface area contributed by atoms with E-state index in [1.807, 2.05) is 0 Å². The summed E-state index contributed by atoms with van der Waals surface area (Å²) >= 11 is 3.13. The minimum Gasteiger partial charge on any atom is -0.482 e. The summed E-state index contributed by atoms with van der Waals surface area (Å²) in [6, 6.07) is 4.40. The van der Waals surface area contributed by atoms with Crippen molar-refractivity contribution < 1.29 is 19.6 Å². The van der Waals surface area contributed by atoms with Crippen LogP contribution in [0.3, 0.4) is 0 Å². The standard InChI is InChI=1S/C10H10BrNO5/c1-6(5-9(13)14)17-10-7(11)3-2-4-8(10)12(15)16/h2-4,6H,5H2,1H3,(H,13,14)/t6-/m1/s1. The number of nitro benzene ring substituents is 1. The van der Waals surface area contributed by atoms with Gasteiger partial charge < -0.3 is 9.84 Å². The second kappa shape index (κ2) is 5.62. The van der Waals surface area contributed by atoms with E-state index in [4.69, 9.17) is 9.84 Å². The normalized spacial score (nSPS) is 11.9. The van der Waals surface area contributed by atoms with Gasteiger partial charge in [-0.1, -0.05) is 6.07 Å². The summed E-state index contributed by atoms with van der Waals surface area (Å²) in [5.41, 5.74) is -0.198. The van der Waals surface area contributed by atoms with Crippen molar-refractivity contribution >= 4 is 27.6 Å². The summed E-state index contributed by atoms with van der Waals surface area (Å²) in [4.78, 5) is 20.7. The molecular weight excluding hydrogens is 294 g/mol.